The minimum atomic E-state index is -0.0660. The van der Waals surface area contributed by atoms with Gasteiger partial charge in [0.15, 0.2) is 0 Å². The molecule has 19 heavy (non-hydrogen) atoms. The van der Waals surface area contributed by atoms with Gasteiger partial charge in [-0.25, -0.2) is 0 Å². The van der Waals surface area contributed by atoms with Gasteiger partial charge in [-0.1, -0.05) is 41.9 Å². The number of rotatable bonds is 7. The van der Waals surface area contributed by atoms with E-state index < -0.39 is 0 Å². The van der Waals surface area contributed by atoms with E-state index >= 15 is 0 Å². The molecule has 1 aromatic carbocycles. The van der Waals surface area contributed by atoms with Crippen LogP contribution in [0.3, 0.4) is 0 Å². The maximum atomic E-state index is 12.3. The molecule has 4 heteroatoms. The lowest BCUT2D eigenvalue weighted by atomic mass is 10.0. The number of benzene rings is 1. The van der Waals surface area contributed by atoms with Crippen molar-refractivity contribution < 1.29 is 9.53 Å². The summed E-state index contributed by atoms with van der Waals surface area (Å²) in [6.07, 6.45) is 0.917. The normalized spacial score (nSPS) is 12.3. The van der Waals surface area contributed by atoms with Crippen LogP contribution in [0.2, 0.25) is 0 Å². The van der Waals surface area contributed by atoms with Gasteiger partial charge in [0.2, 0.25) is 0 Å². The first-order valence-electron chi connectivity index (χ1n) is 6.68. The molecule has 0 bridgehead atoms. The average molecular weight is 328 g/mol. The van der Waals surface area contributed by atoms with E-state index in [0.717, 1.165) is 11.8 Å². The van der Waals surface area contributed by atoms with Crippen LogP contribution in [-0.2, 0) is 0 Å². The monoisotopic (exact) mass is 327 g/mol. The van der Waals surface area contributed by atoms with Gasteiger partial charge in [0.1, 0.15) is 5.75 Å². The second-order valence-corrected chi connectivity index (χ2v) is 5.52. The number of halogens is 1. The number of ether oxygens (including phenoxy) is 1. The summed E-state index contributed by atoms with van der Waals surface area (Å²) in [5.41, 5.74) is 0.601. The summed E-state index contributed by atoms with van der Waals surface area (Å²) in [5.74, 6) is 0.980. The largest absolute Gasteiger partial charge is 0.493 e. The highest BCUT2D eigenvalue weighted by molar-refractivity contribution is 9.09. The van der Waals surface area contributed by atoms with E-state index in [0.29, 0.717) is 23.8 Å². The highest BCUT2D eigenvalue weighted by Gasteiger charge is 2.18. The van der Waals surface area contributed by atoms with Crippen LogP contribution in [0.1, 0.15) is 37.6 Å². The molecule has 1 amide bonds. The van der Waals surface area contributed by atoms with Gasteiger partial charge in [0.05, 0.1) is 12.2 Å². The number of hydrogen-bond donors (Lipinski definition) is 1. The van der Waals surface area contributed by atoms with E-state index in [1.165, 1.54) is 0 Å². The fourth-order valence-electron chi connectivity index (χ4n) is 1.87. The first-order valence-corrected chi connectivity index (χ1v) is 7.81. The third kappa shape index (κ3) is 4.86. The van der Waals surface area contributed by atoms with Crippen molar-refractivity contribution in [3.8, 4) is 5.75 Å². The summed E-state index contributed by atoms with van der Waals surface area (Å²) in [4.78, 5) is 12.3. The molecule has 0 aromatic heterocycles. The molecule has 1 N–H and O–H groups in total. The van der Waals surface area contributed by atoms with Gasteiger partial charge in [-0.15, -0.1) is 0 Å². The predicted molar refractivity (Wildman–Crippen MR) is 82.1 cm³/mol. The van der Waals surface area contributed by atoms with Crippen molar-refractivity contribution in [2.24, 2.45) is 5.92 Å². The lowest BCUT2D eigenvalue weighted by Crippen LogP contribution is -2.39. The fraction of sp³-hybridized carbons (Fsp3) is 0.533. The Kier molecular flexibility index (Phi) is 6.92. The molecule has 0 heterocycles. The second kappa shape index (κ2) is 8.20. The summed E-state index contributed by atoms with van der Waals surface area (Å²) >= 11 is 3.43. The highest BCUT2D eigenvalue weighted by Crippen LogP contribution is 2.19. The van der Waals surface area contributed by atoms with Crippen molar-refractivity contribution in [1.29, 1.82) is 0 Å². The molecule has 0 fully saturated rings. The Morgan fingerprint density at radius 1 is 1.37 bits per heavy atom. The number of carbonyl (C=O) groups is 1. The van der Waals surface area contributed by atoms with Crippen LogP contribution in [0.4, 0.5) is 0 Å². The molecule has 0 aliphatic rings. The van der Waals surface area contributed by atoms with E-state index in [2.05, 4.69) is 35.1 Å². The molecule has 3 nitrogen and oxygen atoms in total. The lowest BCUT2D eigenvalue weighted by molar-refractivity contribution is 0.0921. The van der Waals surface area contributed by atoms with Crippen molar-refractivity contribution in [2.75, 3.05) is 11.9 Å². The van der Waals surface area contributed by atoms with Crippen LogP contribution in [0.25, 0.3) is 0 Å². The average Bonchev–Trinajstić information content (AvgIpc) is 2.39. The van der Waals surface area contributed by atoms with Gasteiger partial charge in [0, 0.05) is 11.4 Å². The summed E-state index contributed by atoms with van der Waals surface area (Å²) in [5, 5.41) is 3.96. The van der Waals surface area contributed by atoms with Crippen LogP contribution >= 0.6 is 15.9 Å². The Morgan fingerprint density at radius 3 is 2.63 bits per heavy atom. The number of para-hydroxylation sites is 1. The molecule has 0 spiro atoms. The Morgan fingerprint density at radius 2 is 2.05 bits per heavy atom. The molecule has 0 saturated heterocycles. The Labute approximate surface area is 123 Å². The van der Waals surface area contributed by atoms with Crippen LogP contribution in [0.15, 0.2) is 24.3 Å². The zero-order valence-electron chi connectivity index (χ0n) is 11.8. The lowest BCUT2D eigenvalue weighted by Gasteiger charge is -2.22. The summed E-state index contributed by atoms with van der Waals surface area (Å²) in [6, 6.07) is 7.52. The number of alkyl halides is 1. The number of amides is 1. The van der Waals surface area contributed by atoms with E-state index in [1.54, 1.807) is 6.07 Å². The molecule has 1 rings (SSSR count). The first kappa shape index (κ1) is 16.0. The van der Waals surface area contributed by atoms with E-state index in [-0.39, 0.29) is 11.9 Å². The zero-order valence-corrected chi connectivity index (χ0v) is 13.4. The minimum Gasteiger partial charge on any atom is -0.493 e. The summed E-state index contributed by atoms with van der Waals surface area (Å²) in [6.45, 7) is 6.69. The predicted octanol–water partition coefficient (Wildman–Crippen LogP) is 3.62. The van der Waals surface area contributed by atoms with Gasteiger partial charge < -0.3 is 10.1 Å². The molecule has 106 valence electrons. The van der Waals surface area contributed by atoms with Crippen molar-refractivity contribution in [3.05, 3.63) is 29.8 Å². The van der Waals surface area contributed by atoms with Crippen LogP contribution in [0, 0.1) is 5.92 Å². The maximum absolute atomic E-state index is 12.3. The van der Waals surface area contributed by atoms with E-state index in [4.69, 9.17) is 4.74 Å². The third-order valence-corrected chi connectivity index (χ3v) is 3.43. The van der Waals surface area contributed by atoms with Gasteiger partial charge in [-0.05, 0) is 31.4 Å². The first-order chi connectivity index (χ1) is 9.10. The SMILES string of the molecule is CCOc1ccccc1C(=O)NC(CCBr)C(C)C. The standard InChI is InChI=1S/C15H22BrNO2/c1-4-19-14-8-6-5-7-12(14)15(18)17-13(9-10-16)11(2)3/h5-8,11,13H,4,9-10H2,1-3H3,(H,17,18). The van der Waals surface area contributed by atoms with Crippen LogP contribution in [0.5, 0.6) is 5.75 Å². The maximum Gasteiger partial charge on any atom is 0.255 e. The second-order valence-electron chi connectivity index (χ2n) is 4.73. The number of carbonyl (C=O) groups excluding carboxylic acids is 1. The Bertz CT molecular complexity index is 407. The molecule has 0 saturated carbocycles. The Balaban J connectivity index is 2.81. The van der Waals surface area contributed by atoms with Crippen LogP contribution in [-0.4, -0.2) is 23.9 Å². The van der Waals surface area contributed by atoms with Crippen molar-refractivity contribution in [2.45, 2.75) is 33.2 Å². The van der Waals surface area contributed by atoms with Gasteiger partial charge in [-0.3, -0.25) is 4.79 Å². The molecule has 1 aromatic rings. The highest BCUT2D eigenvalue weighted by atomic mass is 79.9. The molecular formula is C15H22BrNO2. The third-order valence-electron chi connectivity index (χ3n) is 2.97. The summed E-state index contributed by atoms with van der Waals surface area (Å²) in [7, 11) is 0. The van der Waals surface area contributed by atoms with E-state index in [1.807, 2.05) is 25.1 Å². The Hall–Kier alpha value is -1.03. The molecular weight excluding hydrogens is 306 g/mol. The molecule has 0 aliphatic carbocycles. The summed E-state index contributed by atoms with van der Waals surface area (Å²) < 4.78 is 5.49. The van der Waals surface area contributed by atoms with Gasteiger partial charge in [0.25, 0.3) is 5.91 Å². The van der Waals surface area contributed by atoms with Crippen molar-refractivity contribution >= 4 is 21.8 Å². The quantitative estimate of drug-likeness (QED) is 0.776. The minimum absolute atomic E-state index is 0.0660. The molecule has 0 radical (unpaired) electrons. The molecule has 1 unspecified atom stereocenters. The van der Waals surface area contributed by atoms with Gasteiger partial charge >= 0.3 is 0 Å². The number of hydrogen-bond acceptors (Lipinski definition) is 2. The number of nitrogens with one attached hydrogen (secondary N) is 1. The van der Waals surface area contributed by atoms with Crippen molar-refractivity contribution in [1.82, 2.24) is 5.32 Å². The molecule has 1 atom stereocenters. The van der Waals surface area contributed by atoms with E-state index in [9.17, 15) is 4.79 Å². The zero-order chi connectivity index (χ0) is 14.3. The smallest absolute Gasteiger partial charge is 0.255 e. The van der Waals surface area contributed by atoms with Crippen molar-refractivity contribution in [3.63, 3.8) is 0 Å². The van der Waals surface area contributed by atoms with Crippen LogP contribution < -0.4 is 10.1 Å². The molecule has 0 aliphatic heterocycles. The van der Waals surface area contributed by atoms with Gasteiger partial charge in [-0.2, -0.15) is 0 Å². The fourth-order valence-corrected chi connectivity index (χ4v) is 2.36. The topological polar surface area (TPSA) is 38.3 Å².